The fourth-order valence-electron chi connectivity index (χ4n) is 1.89. The van der Waals surface area contributed by atoms with Gasteiger partial charge in [0.1, 0.15) is 12.3 Å². The number of hydrogen-bond donors (Lipinski definition) is 1. The van der Waals surface area contributed by atoms with Crippen LogP contribution < -0.4 is 10.1 Å². The van der Waals surface area contributed by atoms with Crippen LogP contribution in [0.25, 0.3) is 11.4 Å². The minimum Gasteiger partial charge on any atom is -0.495 e. The minimum atomic E-state index is -0.277. The first-order chi connectivity index (χ1) is 11.2. The Labute approximate surface area is 140 Å². The Morgan fingerprint density at radius 2 is 2.30 bits per heavy atom. The summed E-state index contributed by atoms with van der Waals surface area (Å²) in [4.78, 5) is 13.3. The van der Waals surface area contributed by atoms with Crippen LogP contribution in [-0.4, -0.2) is 33.2 Å². The second-order valence-corrected chi connectivity index (χ2v) is 5.74. The van der Waals surface area contributed by atoms with E-state index in [4.69, 9.17) is 16.3 Å². The molecular formula is C14H12ClN5O2S. The van der Waals surface area contributed by atoms with E-state index in [9.17, 15) is 4.79 Å². The fraction of sp³-hybridized carbons (Fsp3) is 0.143. The molecule has 7 nitrogen and oxygen atoms in total. The summed E-state index contributed by atoms with van der Waals surface area (Å²) in [6, 6.07) is 6.89. The molecule has 0 radical (unpaired) electrons. The van der Waals surface area contributed by atoms with Gasteiger partial charge < -0.3 is 10.1 Å². The van der Waals surface area contributed by atoms with Crippen LogP contribution in [0.1, 0.15) is 0 Å². The summed E-state index contributed by atoms with van der Waals surface area (Å²) in [5.41, 5.74) is 1.45. The van der Waals surface area contributed by atoms with E-state index in [1.54, 1.807) is 29.5 Å². The Morgan fingerprint density at radius 3 is 3.00 bits per heavy atom. The van der Waals surface area contributed by atoms with Crippen LogP contribution in [-0.2, 0) is 11.3 Å². The van der Waals surface area contributed by atoms with Crippen molar-refractivity contribution in [3.8, 4) is 17.1 Å². The number of halogens is 1. The van der Waals surface area contributed by atoms with E-state index in [1.807, 2.05) is 16.8 Å². The van der Waals surface area contributed by atoms with Gasteiger partial charge in [-0.2, -0.15) is 16.1 Å². The van der Waals surface area contributed by atoms with Crippen LogP contribution in [0.4, 0.5) is 5.69 Å². The second kappa shape index (κ2) is 6.76. The molecule has 0 spiro atoms. The van der Waals surface area contributed by atoms with E-state index in [-0.39, 0.29) is 12.5 Å². The molecule has 0 atom stereocenters. The quantitative estimate of drug-likeness (QED) is 0.765. The van der Waals surface area contributed by atoms with Gasteiger partial charge in [0.15, 0.2) is 0 Å². The molecule has 2 heterocycles. The molecule has 0 aliphatic carbocycles. The lowest BCUT2D eigenvalue weighted by Gasteiger charge is -2.07. The summed E-state index contributed by atoms with van der Waals surface area (Å²) in [7, 11) is 1.53. The van der Waals surface area contributed by atoms with Crippen molar-refractivity contribution in [2.75, 3.05) is 12.4 Å². The molecule has 2 aromatic heterocycles. The summed E-state index contributed by atoms with van der Waals surface area (Å²) in [5.74, 6) is 0.759. The van der Waals surface area contributed by atoms with E-state index < -0.39 is 0 Å². The molecule has 0 fully saturated rings. The average Bonchev–Trinajstić information content (AvgIpc) is 3.18. The van der Waals surface area contributed by atoms with Gasteiger partial charge in [-0.15, -0.1) is 10.2 Å². The Hall–Kier alpha value is -2.45. The second-order valence-electron chi connectivity index (χ2n) is 4.55. The highest BCUT2D eigenvalue weighted by atomic mass is 35.5. The van der Waals surface area contributed by atoms with Crippen LogP contribution >= 0.6 is 22.9 Å². The topological polar surface area (TPSA) is 81.9 Å². The number of methoxy groups -OCH3 is 1. The van der Waals surface area contributed by atoms with E-state index in [0.717, 1.165) is 5.56 Å². The summed E-state index contributed by atoms with van der Waals surface area (Å²) >= 11 is 7.56. The number of amides is 1. The number of carbonyl (C=O) groups is 1. The number of aromatic nitrogens is 4. The van der Waals surface area contributed by atoms with Crippen LogP contribution in [0.3, 0.4) is 0 Å². The third-order valence-electron chi connectivity index (χ3n) is 2.95. The van der Waals surface area contributed by atoms with Crippen molar-refractivity contribution < 1.29 is 9.53 Å². The van der Waals surface area contributed by atoms with Crippen molar-refractivity contribution in [1.29, 1.82) is 0 Å². The SMILES string of the molecule is COc1ccc(NC(=O)Cn2nnc(-c3ccsc3)n2)cc1Cl. The zero-order valence-electron chi connectivity index (χ0n) is 12.1. The highest BCUT2D eigenvalue weighted by Gasteiger charge is 2.10. The third-order valence-corrected chi connectivity index (χ3v) is 3.93. The van der Waals surface area contributed by atoms with Gasteiger partial charge in [0.25, 0.3) is 0 Å². The maximum absolute atomic E-state index is 12.0. The molecule has 1 amide bonds. The number of anilines is 1. The number of nitrogens with zero attached hydrogens (tertiary/aromatic N) is 4. The predicted octanol–water partition coefficient (Wildman–Crippen LogP) is 2.70. The number of carbonyl (C=O) groups excluding carboxylic acids is 1. The molecule has 3 rings (SSSR count). The van der Waals surface area contributed by atoms with E-state index in [1.165, 1.54) is 11.9 Å². The molecule has 1 N–H and O–H groups in total. The summed E-state index contributed by atoms with van der Waals surface area (Å²) in [6.07, 6.45) is 0. The zero-order chi connectivity index (χ0) is 16.2. The lowest BCUT2D eigenvalue weighted by atomic mass is 10.3. The van der Waals surface area contributed by atoms with Crippen LogP contribution in [0.2, 0.25) is 5.02 Å². The molecule has 0 bridgehead atoms. The van der Waals surface area contributed by atoms with Crippen molar-refractivity contribution in [2.45, 2.75) is 6.54 Å². The average molecular weight is 350 g/mol. The van der Waals surface area contributed by atoms with Gasteiger partial charge >= 0.3 is 0 Å². The van der Waals surface area contributed by atoms with Crippen molar-refractivity contribution in [2.24, 2.45) is 0 Å². The van der Waals surface area contributed by atoms with Crippen molar-refractivity contribution >= 4 is 34.5 Å². The molecule has 23 heavy (non-hydrogen) atoms. The Kier molecular flexibility index (Phi) is 4.54. The molecule has 3 aromatic rings. The summed E-state index contributed by atoms with van der Waals surface area (Å²) < 4.78 is 5.06. The molecule has 0 saturated carbocycles. The van der Waals surface area contributed by atoms with Gasteiger partial charge in [0, 0.05) is 16.6 Å². The highest BCUT2D eigenvalue weighted by Crippen LogP contribution is 2.27. The summed E-state index contributed by atoms with van der Waals surface area (Å²) in [6.45, 7) is -0.0409. The lowest BCUT2D eigenvalue weighted by Crippen LogP contribution is -2.20. The van der Waals surface area contributed by atoms with Crippen molar-refractivity contribution in [1.82, 2.24) is 20.2 Å². The number of tetrazole rings is 1. The summed E-state index contributed by atoms with van der Waals surface area (Å²) in [5, 5.41) is 19.0. The van der Waals surface area contributed by atoms with Crippen LogP contribution in [0.15, 0.2) is 35.0 Å². The number of hydrogen-bond acceptors (Lipinski definition) is 6. The molecule has 0 aliphatic heterocycles. The number of benzene rings is 1. The number of ether oxygens (including phenoxy) is 1. The maximum Gasteiger partial charge on any atom is 0.248 e. The molecule has 0 unspecified atom stereocenters. The highest BCUT2D eigenvalue weighted by molar-refractivity contribution is 7.08. The Bertz CT molecular complexity index is 818. The minimum absolute atomic E-state index is 0.0409. The fourth-order valence-corrected chi connectivity index (χ4v) is 2.78. The number of nitrogens with one attached hydrogen (secondary N) is 1. The maximum atomic E-state index is 12.0. The van der Waals surface area contributed by atoms with Gasteiger partial charge in [-0.25, -0.2) is 0 Å². The van der Waals surface area contributed by atoms with Crippen molar-refractivity contribution in [3.05, 3.63) is 40.0 Å². The van der Waals surface area contributed by atoms with Gasteiger partial charge in [-0.3, -0.25) is 4.79 Å². The smallest absolute Gasteiger partial charge is 0.248 e. The van der Waals surface area contributed by atoms with E-state index >= 15 is 0 Å². The van der Waals surface area contributed by atoms with Gasteiger partial charge in [0.05, 0.1) is 12.1 Å². The first-order valence-corrected chi connectivity index (χ1v) is 7.91. The molecule has 9 heteroatoms. The lowest BCUT2D eigenvalue weighted by molar-refractivity contribution is -0.117. The predicted molar refractivity (Wildman–Crippen MR) is 87.8 cm³/mol. The van der Waals surface area contributed by atoms with Gasteiger partial charge in [-0.05, 0) is 34.9 Å². The molecule has 1 aromatic carbocycles. The normalized spacial score (nSPS) is 10.5. The molecule has 0 saturated heterocycles. The van der Waals surface area contributed by atoms with E-state index in [0.29, 0.717) is 22.3 Å². The largest absolute Gasteiger partial charge is 0.495 e. The van der Waals surface area contributed by atoms with Gasteiger partial charge in [-0.1, -0.05) is 11.6 Å². The zero-order valence-corrected chi connectivity index (χ0v) is 13.6. The van der Waals surface area contributed by atoms with Crippen molar-refractivity contribution in [3.63, 3.8) is 0 Å². The van der Waals surface area contributed by atoms with Gasteiger partial charge in [0.2, 0.25) is 11.7 Å². The number of rotatable bonds is 5. The first kappa shape index (κ1) is 15.4. The monoisotopic (exact) mass is 349 g/mol. The Balaban J connectivity index is 1.64. The third kappa shape index (κ3) is 3.66. The molecular weight excluding hydrogens is 338 g/mol. The first-order valence-electron chi connectivity index (χ1n) is 6.59. The molecule has 118 valence electrons. The van der Waals surface area contributed by atoms with Crippen LogP contribution in [0, 0.1) is 0 Å². The standard InChI is InChI=1S/C14H12ClN5O2S/c1-22-12-3-2-10(6-11(12)15)16-13(21)7-20-18-14(17-19-20)9-4-5-23-8-9/h2-6,8H,7H2,1H3,(H,16,21). The van der Waals surface area contributed by atoms with E-state index in [2.05, 4.69) is 20.7 Å². The molecule has 0 aliphatic rings. The van der Waals surface area contributed by atoms with Crippen LogP contribution in [0.5, 0.6) is 5.75 Å². The Morgan fingerprint density at radius 1 is 1.43 bits per heavy atom. The number of thiophene rings is 1.